The van der Waals surface area contributed by atoms with Gasteiger partial charge in [-0.2, -0.15) is 0 Å². The summed E-state index contributed by atoms with van der Waals surface area (Å²) in [4.78, 5) is 4.28. The van der Waals surface area contributed by atoms with Crippen molar-refractivity contribution in [2.45, 2.75) is 19.3 Å². The summed E-state index contributed by atoms with van der Waals surface area (Å²) in [6, 6.07) is 13.9. The van der Waals surface area contributed by atoms with Crippen LogP contribution in [0.25, 0.3) is 0 Å². The van der Waals surface area contributed by atoms with Gasteiger partial charge in [0.2, 0.25) is 0 Å². The Labute approximate surface area is 184 Å². The Balaban J connectivity index is 0.00000392. The molecule has 154 valence electrons. The first-order valence-electron chi connectivity index (χ1n) is 8.95. The molecule has 0 heterocycles. The highest BCUT2D eigenvalue weighted by Gasteiger charge is 2.08. The minimum atomic E-state index is 0. The van der Waals surface area contributed by atoms with Gasteiger partial charge in [0.15, 0.2) is 17.5 Å². The number of guanidine groups is 1. The van der Waals surface area contributed by atoms with Crippen molar-refractivity contribution in [2.24, 2.45) is 4.99 Å². The Bertz CT molecular complexity index is 751. The van der Waals surface area contributed by atoms with Gasteiger partial charge in [0, 0.05) is 25.3 Å². The predicted octanol–water partition coefficient (Wildman–Crippen LogP) is 4.51. The Hall–Kier alpha value is -2.16. The Morgan fingerprint density at radius 2 is 1.64 bits per heavy atom. The number of rotatable bonds is 8. The fourth-order valence-corrected chi connectivity index (χ4v) is 2.74. The van der Waals surface area contributed by atoms with Gasteiger partial charge >= 0.3 is 0 Å². The van der Waals surface area contributed by atoms with Crippen molar-refractivity contribution in [3.8, 4) is 17.2 Å². The zero-order valence-corrected chi connectivity index (χ0v) is 19.4. The monoisotopic (exact) mass is 499 g/mol. The molecule has 0 aliphatic rings. The van der Waals surface area contributed by atoms with E-state index in [0.29, 0.717) is 23.4 Å². The van der Waals surface area contributed by atoms with Gasteiger partial charge in [-0.25, -0.2) is 0 Å². The fourth-order valence-electron chi connectivity index (χ4n) is 2.74. The average molecular weight is 499 g/mol. The minimum absolute atomic E-state index is 0. The second-order valence-electron chi connectivity index (χ2n) is 6.16. The lowest BCUT2D eigenvalue weighted by Gasteiger charge is -2.16. The number of aliphatic imine (C=N–C) groups is 1. The highest BCUT2D eigenvalue weighted by molar-refractivity contribution is 14.0. The summed E-state index contributed by atoms with van der Waals surface area (Å²) in [5.41, 5.74) is 2.17. The molecule has 0 fully saturated rings. The smallest absolute Gasteiger partial charge is 0.195 e. The molecule has 2 rings (SSSR count). The first-order valence-corrected chi connectivity index (χ1v) is 8.95. The van der Waals surface area contributed by atoms with E-state index in [4.69, 9.17) is 14.2 Å². The van der Waals surface area contributed by atoms with Gasteiger partial charge in [-0.1, -0.05) is 19.1 Å². The van der Waals surface area contributed by atoms with Gasteiger partial charge in [0.1, 0.15) is 5.75 Å². The molecule has 0 spiro atoms. The summed E-state index contributed by atoms with van der Waals surface area (Å²) in [6.45, 7) is 3.02. The summed E-state index contributed by atoms with van der Waals surface area (Å²) in [7, 11) is 6.67. The molecular formula is C21H30IN3O3. The molecule has 0 aliphatic heterocycles. The molecule has 0 aromatic heterocycles. The van der Waals surface area contributed by atoms with Gasteiger partial charge in [-0.15, -0.1) is 24.0 Å². The van der Waals surface area contributed by atoms with Crippen LogP contribution >= 0.6 is 24.0 Å². The van der Waals surface area contributed by atoms with Crippen molar-refractivity contribution >= 4 is 35.6 Å². The van der Waals surface area contributed by atoms with E-state index in [-0.39, 0.29) is 24.0 Å². The molecule has 0 aliphatic carbocycles. The largest absolute Gasteiger partial charge is 0.497 e. The van der Waals surface area contributed by atoms with E-state index in [1.807, 2.05) is 30.3 Å². The summed E-state index contributed by atoms with van der Waals surface area (Å²) in [6.07, 6.45) is 0.985. The van der Waals surface area contributed by atoms with Gasteiger partial charge in [-0.05, 0) is 42.2 Å². The molecule has 28 heavy (non-hydrogen) atoms. The maximum absolute atomic E-state index is 5.34. The number of ether oxygens (including phenoxy) is 3. The quantitative estimate of drug-likeness (QED) is 0.318. The molecule has 0 saturated carbocycles. The van der Waals surface area contributed by atoms with Crippen LogP contribution in [-0.4, -0.2) is 40.9 Å². The van der Waals surface area contributed by atoms with Crippen LogP contribution in [0.2, 0.25) is 0 Å². The summed E-state index contributed by atoms with van der Waals surface area (Å²) >= 11 is 0. The summed E-state index contributed by atoms with van der Waals surface area (Å²) in [5, 5.41) is 6.62. The van der Waals surface area contributed by atoms with E-state index in [0.717, 1.165) is 24.4 Å². The second-order valence-corrected chi connectivity index (χ2v) is 6.16. The number of hydrogen-bond acceptors (Lipinski definition) is 4. The Morgan fingerprint density at radius 1 is 0.964 bits per heavy atom. The maximum atomic E-state index is 5.34. The summed E-state index contributed by atoms with van der Waals surface area (Å²) in [5.74, 6) is 3.39. The predicted molar refractivity (Wildman–Crippen MR) is 126 cm³/mol. The minimum Gasteiger partial charge on any atom is -0.497 e. The molecule has 1 atom stereocenters. The van der Waals surface area contributed by atoms with Gasteiger partial charge < -0.3 is 24.8 Å². The number of halogens is 1. The molecular weight excluding hydrogens is 469 g/mol. The van der Waals surface area contributed by atoms with Crippen molar-refractivity contribution in [1.29, 1.82) is 0 Å². The molecule has 0 amide bonds. The van der Waals surface area contributed by atoms with E-state index in [2.05, 4.69) is 34.7 Å². The topological polar surface area (TPSA) is 64.1 Å². The van der Waals surface area contributed by atoms with Crippen LogP contribution in [0.1, 0.15) is 24.8 Å². The highest BCUT2D eigenvalue weighted by Crippen LogP contribution is 2.29. The molecule has 0 saturated heterocycles. The number of hydrogen-bond donors (Lipinski definition) is 2. The zero-order chi connectivity index (χ0) is 19.6. The third-order valence-electron chi connectivity index (χ3n) is 4.42. The highest BCUT2D eigenvalue weighted by atomic mass is 127. The maximum Gasteiger partial charge on any atom is 0.195 e. The standard InChI is InChI=1S/C21H29N3O3.HI/c1-15(16-6-9-18(25-3)10-7-16)12-13-23-21(22-2)24-17-8-11-19(26-4)20(14-17)27-5;/h6-11,14-15H,12-13H2,1-5H3,(H2,22,23,24);1H. The second kappa shape index (κ2) is 12.3. The van der Waals surface area contributed by atoms with Crippen molar-refractivity contribution in [3.05, 3.63) is 48.0 Å². The molecule has 0 bridgehead atoms. The number of anilines is 1. The SMILES string of the molecule is CN=C(NCCC(C)c1ccc(OC)cc1)Nc1ccc(OC)c(OC)c1.I. The van der Waals surface area contributed by atoms with E-state index in [9.17, 15) is 0 Å². The number of nitrogens with one attached hydrogen (secondary N) is 2. The van der Waals surface area contributed by atoms with Crippen LogP contribution in [0.3, 0.4) is 0 Å². The molecule has 2 aromatic rings. The third-order valence-corrected chi connectivity index (χ3v) is 4.42. The number of benzene rings is 2. The van der Waals surface area contributed by atoms with E-state index in [1.54, 1.807) is 28.4 Å². The zero-order valence-electron chi connectivity index (χ0n) is 17.1. The Morgan fingerprint density at radius 3 is 2.21 bits per heavy atom. The van der Waals surface area contributed by atoms with Crippen molar-refractivity contribution in [1.82, 2.24) is 5.32 Å². The van der Waals surface area contributed by atoms with Gasteiger partial charge in [0.05, 0.1) is 21.3 Å². The Kier molecular flexibility index (Phi) is 10.5. The van der Waals surface area contributed by atoms with Crippen molar-refractivity contribution in [3.63, 3.8) is 0 Å². The average Bonchev–Trinajstić information content (AvgIpc) is 2.72. The van der Waals surface area contributed by atoms with E-state index in [1.165, 1.54) is 5.56 Å². The van der Waals surface area contributed by atoms with Crippen LogP contribution in [0.4, 0.5) is 5.69 Å². The molecule has 1 unspecified atom stereocenters. The van der Waals surface area contributed by atoms with Crippen molar-refractivity contribution < 1.29 is 14.2 Å². The van der Waals surface area contributed by atoms with Gasteiger partial charge in [-0.3, -0.25) is 4.99 Å². The first kappa shape index (κ1) is 23.9. The number of methoxy groups -OCH3 is 3. The molecule has 2 aromatic carbocycles. The first-order chi connectivity index (χ1) is 13.1. The lowest BCUT2D eigenvalue weighted by Crippen LogP contribution is -2.32. The fraction of sp³-hybridized carbons (Fsp3) is 0.381. The number of nitrogens with zero attached hydrogens (tertiary/aromatic N) is 1. The van der Waals surface area contributed by atoms with E-state index < -0.39 is 0 Å². The van der Waals surface area contributed by atoms with Gasteiger partial charge in [0.25, 0.3) is 0 Å². The molecule has 2 N–H and O–H groups in total. The lowest BCUT2D eigenvalue weighted by molar-refractivity contribution is 0.355. The third kappa shape index (κ3) is 6.78. The van der Waals surface area contributed by atoms with Crippen LogP contribution in [0.15, 0.2) is 47.5 Å². The molecule has 0 radical (unpaired) electrons. The summed E-state index contributed by atoms with van der Waals surface area (Å²) < 4.78 is 15.8. The lowest BCUT2D eigenvalue weighted by atomic mass is 9.98. The normalized spacial score (nSPS) is 11.8. The van der Waals surface area contributed by atoms with E-state index >= 15 is 0 Å². The molecule has 7 heteroatoms. The molecule has 6 nitrogen and oxygen atoms in total. The van der Waals surface area contributed by atoms with Crippen molar-refractivity contribution in [2.75, 3.05) is 40.2 Å². The van der Waals surface area contributed by atoms with Crippen LogP contribution in [-0.2, 0) is 0 Å². The van der Waals surface area contributed by atoms with Crippen LogP contribution < -0.4 is 24.8 Å². The van der Waals surface area contributed by atoms with Crippen LogP contribution in [0.5, 0.6) is 17.2 Å². The van der Waals surface area contributed by atoms with Crippen LogP contribution in [0, 0.1) is 0 Å².